The zero-order valence-electron chi connectivity index (χ0n) is 11.7. The third-order valence-electron chi connectivity index (χ3n) is 3.70. The summed E-state index contributed by atoms with van der Waals surface area (Å²) in [6.45, 7) is 2.25. The van der Waals surface area contributed by atoms with Gasteiger partial charge in [0.05, 0.1) is 11.5 Å². The van der Waals surface area contributed by atoms with E-state index in [9.17, 15) is 13.2 Å². The van der Waals surface area contributed by atoms with Gasteiger partial charge in [-0.05, 0) is 24.3 Å². The van der Waals surface area contributed by atoms with Gasteiger partial charge in [0.2, 0.25) is 5.91 Å². The van der Waals surface area contributed by atoms with Gasteiger partial charge in [0.25, 0.3) is 0 Å². The lowest BCUT2D eigenvalue weighted by atomic mass is 10.2. The Morgan fingerprint density at radius 3 is 2.50 bits per heavy atom. The van der Waals surface area contributed by atoms with Crippen LogP contribution < -0.4 is 5.32 Å². The second kappa shape index (κ2) is 6.39. The lowest BCUT2D eigenvalue weighted by Crippen LogP contribution is -2.31. The van der Waals surface area contributed by atoms with Crippen molar-refractivity contribution in [1.82, 2.24) is 5.32 Å². The van der Waals surface area contributed by atoms with Gasteiger partial charge in [0.1, 0.15) is 0 Å². The topological polar surface area (TPSA) is 63.2 Å². The summed E-state index contributed by atoms with van der Waals surface area (Å²) in [5.41, 5.74) is 1.02. The number of amides is 1. The van der Waals surface area contributed by atoms with Crippen LogP contribution in [0.3, 0.4) is 0 Å². The minimum absolute atomic E-state index is 0.00393. The van der Waals surface area contributed by atoms with Crippen LogP contribution in [0.4, 0.5) is 0 Å². The first kappa shape index (κ1) is 15.0. The first-order chi connectivity index (χ1) is 9.48. The number of benzene rings is 1. The predicted molar refractivity (Wildman–Crippen MR) is 79.1 cm³/mol. The number of aryl methyl sites for hydroxylation is 1. The van der Waals surface area contributed by atoms with Gasteiger partial charge >= 0.3 is 0 Å². The molecule has 2 rings (SSSR count). The first-order valence-electron chi connectivity index (χ1n) is 7.00. The minimum Gasteiger partial charge on any atom is -0.355 e. The fourth-order valence-electron chi connectivity index (χ4n) is 2.17. The molecule has 0 heterocycles. The van der Waals surface area contributed by atoms with Crippen molar-refractivity contribution in [1.29, 1.82) is 0 Å². The Bertz CT molecular complexity index is 554. The Morgan fingerprint density at radius 1 is 1.25 bits per heavy atom. The van der Waals surface area contributed by atoms with Crippen molar-refractivity contribution in [2.45, 2.75) is 19.8 Å². The Labute approximate surface area is 120 Å². The quantitative estimate of drug-likeness (QED) is 0.827. The van der Waals surface area contributed by atoms with Crippen molar-refractivity contribution in [2.24, 2.45) is 11.8 Å². The van der Waals surface area contributed by atoms with Gasteiger partial charge in [-0.25, -0.2) is 8.42 Å². The maximum Gasteiger partial charge on any atom is 0.223 e. The molecule has 2 atom stereocenters. The van der Waals surface area contributed by atoms with Crippen LogP contribution in [0.1, 0.15) is 18.9 Å². The number of rotatable bonds is 7. The Morgan fingerprint density at radius 2 is 1.90 bits per heavy atom. The largest absolute Gasteiger partial charge is 0.355 e. The second-order valence-electron chi connectivity index (χ2n) is 5.50. The average Bonchev–Trinajstić information content (AvgIpc) is 3.15. The average molecular weight is 295 g/mol. The van der Waals surface area contributed by atoms with Gasteiger partial charge in [-0.1, -0.05) is 37.3 Å². The molecular weight excluding hydrogens is 274 g/mol. The smallest absolute Gasteiger partial charge is 0.223 e. The van der Waals surface area contributed by atoms with Crippen molar-refractivity contribution in [3.05, 3.63) is 35.9 Å². The summed E-state index contributed by atoms with van der Waals surface area (Å²) >= 11 is 0. The molecule has 0 unspecified atom stereocenters. The lowest BCUT2D eigenvalue weighted by molar-refractivity contribution is -0.122. The van der Waals surface area contributed by atoms with E-state index in [2.05, 4.69) is 5.32 Å². The van der Waals surface area contributed by atoms with Crippen LogP contribution >= 0.6 is 0 Å². The van der Waals surface area contributed by atoms with E-state index in [1.54, 1.807) is 0 Å². The molecule has 1 N–H and O–H groups in total. The van der Waals surface area contributed by atoms with E-state index in [-0.39, 0.29) is 29.9 Å². The molecule has 0 bridgehead atoms. The molecule has 1 aliphatic carbocycles. The van der Waals surface area contributed by atoms with Crippen molar-refractivity contribution < 1.29 is 13.2 Å². The number of nitrogens with one attached hydrogen (secondary N) is 1. The van der Waals surface area contributed by atoms with E-state index < -0.39 is 9.84 Å². The van der Waals surface area contributed by atoms with Crippen LogP contribution in [0.25, 0.3) is 0 Å². The number of carbonyl (C=O) groups excluding carboxylic acids is 1. The van der Waals surface area contributed by atoms with Gasteiger partial charge < -0.3 is 5.32 Å². The summed E-state index contributed by atoms with van der Waals surface area (Å²) < 4.78 is 23.8. The highest BCUT2D eigenvalue weighted by atomic mass is 32.2. The van der Waals surface area contributed by atoms with E-state index in [1.165, 1.54) is 0 Å². The van der Waals surface area contributed by atoms with E-state index in [0.717, 1.165) is 12.0 Å². The molecule has 110 valence electrons. The third kappa shape index (κ3) is 4.63. The highest BCUT2D eigenvalue weighted by Gasteiger charge is 2.38. The minimum atomic E-state index is -3.11. The molecule has 0 saturated heterocycles. The van der Waals surface area contributed by atoms with Crippen molar-refractivity contribution in [3.8, 4) is 0 Å². The number of hydrogen-bond acceptors (Lipinski definition) is 3. The van der Waals surface area contributed by atoms with Crippen molar-refractivity contribution in [2.75, 3.05) is 18.1 Å². The third-order valence-corrected chi connectivity index (χ3v) is 5.36. The standard InChI is InChI=1S/C15H21NO3S/c1-12-11-14(12)15(17)16-8-10-20(18,19)9-7-13-5-3-2-4-6-13/h2-6,12,14H,7-11H2,1H3,(H,16,17)/t12-,14+/m1/s1. The molecule has 1 saturated carbocycles. The van der Waals surface area contributed by atoms with Crippen LogP contribution in [0.5, 0.6) is 0 Å². The van der Waals surface area contributed by atoms with Crippen LogP contribution in [-0.4, -0.2) is 32.4 Å². The molecule has 0 aliphatic heterocycles. The molecule has 1 aromatic carbocycles. The van der Waals surface area contributed by atoms with Crippen LogP contribution in [0, 0.1) is 11.8 Å². The number of carbonyl (C=O) groups is 1. The molecule has 20 heavy (non-hydrogen) atoms. The van der Waals surface area contributed by atoms with E-state index >= 15 is 0 Å². The summed E-state index contributed by atoms with van der Waals surface area (Å²) in [4.78, 5) is 11.6. The number of hydrogen-bond donors (Lipinski definition) is 1. The highest BCUT2D eigenvalue weighted by molar-refractivity contribution is 7.91. The zero-order valence-corrected chi connectivity index (χ0v) is 12.5. The van der Waals surface area contributed by atoms with Gasteiger partial charge in [-0.3, -0.25) is 4.79 Å². The van der Waals surface area contributed by atoms with Gasteiger partial charge in [0.15, 0.2) is 9.84 Å². The first-order valence-corrected chi connectivity index (χ1v) is 8.82. The van der Waals surface area contributed by atoms with Gasteiger partial charge in [-0.15, -0.1) is 0 Å². The molecule has 0 aromatic heterocycles. The van der Waals surface area contributed by atoms with Crippen LogP contribution in [-0.2, 0) is 21.1 Å². The normalized spacial score (nSPS) is 21.4. The summed E-state index contributed by atoms with van der Waals surface area (Å²) in [5.74, 6) is 0.696. The molecule has 0 radical (unpaired) electrons. The maximum absolute atomic E-state index is 11.9. The van der Waals surface area contributed by atoms with Crippen molar-refractivity contribution >= 4 is 15.7 Å². The van der Waals surface area contributed by atoms with E-state index in [1.807, 2.05) is 37.3 Å². The molecule has 1 amide bonds. The van der Waals surface area contributed by atoms with E-state index in [0.29, 0.717) is 12.3 Å². The van der Waals surface area contributed by atoms with Crippen LogP contribution in [0.15, 0.2) is 30.3 Å². The summed E-state index contributed by atoms with van der Waals surface area (Å²) in [6.07, 6.45) is 1.45. The fourth-order valence-corrected chi connectivity index (χ4v) is 3.33. The summed E-state index contributed by atoms with van der Waals surface area (Å²) in [7, 11) is -3.11. The molecule has 1 aromatic rings. The fraction of sp³-hybridized carbons (Fsp3) is 0.533. The molecular formula is C15H21NO3S. The predicted octanol–water partition coefficient (Wildman–Crippen LogP) is 1.42. The summed E-state index contributed by atoms with van der Waals surface area (Å²) in [6, 6.07) is 9.56. The molecule has 1 fully saturated rings. The van der Waals surface area contributed by atoms with Crippen molar-refractivity contribution in [3.63, 3.8) is 0 Å². The van der Waals surface area contributed by atoms with Gasteiger partial charge in [-0.2, -0.15) is 0 Å². The molecule has 0 spiro atoms. The molecule has 5 heteroatoms. The Balaban J connectivity index is 1.70. The number of sulfone groups is 1. The summed E-state index contributed by atoms with van der Waals surface area (Å²) in [5, 5.41) is 2.71. The SMILES string of the molecule is C[C@@H]1C[C@@H]1C(=O)NCCS(=O)(=O)CCc1ccccc1. The zero-order chi connectivity index (χ0) is 14.6. The Kier molecular flexibility index (Phi) is 4.81. The van der Waals surface area contributed by atoms with Crippen LogP contribution in [0.2, 0.25) is 0 Å². The Hall–Kier alpha value is -1.36. The van der Waals surface area contributed by atoms with E-state index in [4.69, 9.17) is 0 Å². The van der Waals surface area contributed by atoms with Gasteiger partial charge in [0, 0.05) is 12.5 Å². The lowest BCUT2D eigenvalue weighted by Gasteiger charge is -2.06. The highest BCUT2D eigenvalue weighted by Crippen LogP contribution is 2.37. The second-order valence-corrected chi connectivity index (χ2v) is 7.80. The molecule has 1 aliphatic rings. The monoisotopic (exact) mass is 295 g/mol. The maximum atomic E-state index is 11.9. The molecule has 4 nitrogen and oxygen atoms in total.